The van der Waals surface area contributed by atoms with Gasteiger partial charge in [-0.05, 0) is 13.3 Å². The molecule has 2 N–H and O–H groups in total. The van der Waals surface area contributed by atoms with Crippen LogP contribution in [0.15, 0.2) is 11.6 Å². The van der Waals surface area contributed by atoms with E-state index >= 15 is 0 Å². The molecule has 0 aliphatic heterocycles. The molecule has 13 heavy (non-hydrogen) atoms. The third-order valence-electron chi connectivity index (χ3n) is 1.53. The Kier molecular flexibility index (Phi) is 7.24. The topological polar surface area (TPSA) is 61.6 Å². The van der Waals surface area contributed by atoms with Gasteiger partial charge in [-0.3, -0.25) is 4.79 Å². The number of methoxy groups -OCH3 is 1. The van der Waals surface area contributed by atoms with E-state index in [9.17, 15) is 4.79 Å². The van der Waals surface area contributed by atoms with Crippen LogP contribution >= 0.6 is 0 Å². The summed E-state index contributed by atoms with van der Waals surface area (Å²) in [5.74, 6) is -0.378. The van der Waals surface area contributed by atoms with Crippen molar-refractivity contribution in [1.82, 2.24) is 0 Å². The second-order valence-corrected chi connectivity index (χ2v) is 2.65. The first-order chi connectivity index (χ1) is 6.18. The van der Waals surface area contributed by atoms with E-state index in [2.05, 4.69) is 0 Å². The van der Waals surface area contributed by atoms with Crippen LogP contribution in [0.25, 0.3) is 0 Å². The van der Waals surface area contributed by atoms with Gasteiger partial charge in [0, 0.05) is 12.7 Å². The van der Waals surface area contributed by atoms with Gasteiger partial charge in [-0.25, -0.2) is 0 Å². The quantitative estimate of drug-likeness (QED) is 0.465. The van der Waals surface area contributed by atoms with Gasteiger partial charge in [0.05, 0.1) is 19.8 Å². The molecular formula is C9H17NO3. The van der Waals surface area contributed by atoms with Gasteiger partial charge in [-0.2, -0.15) is 0 Å². The van der Waals surface area contributed by atoms with E-state index in [-0.39, 0.29) is 5.91 Å². The molecule has 0 saturated heterocycles. The summed E-state index contributed by atoms with van der Waals surface area (Å²) in [6.07, 6.45) is 2.48. The smallest absolute Gasteiger partial charge is 0.244 e. The van der Waals surface area contributed by atoms with Crippen LogP contribution in [-0.4, -0.2) is 32.8 Å². The van der Waals surface area contributed by atoms with Crippen LogP contribution in [-0.2, 0) is 14.3 Å². The van der Waals surface area contributed by atoms with Gasteiger partial charge in [0.2, 0.25) is 5.91 Å². The lowest BCUT2D eigenvalue weighted by atomic mass is 10.2. The van der Waals surface area contributed by atoms with Crippen LogP contribution in [0, 0.1) is 0 Å². The van der Waals surface area contributed by atoms with Crippen molar-refractivity contribution in [2.75, 3.05) is 26.9 Å². The second-order valence-electron chi connectivity index (χ2n) is 2.65. The minimum absolute atomic E-state index is 0.378. The van der Waals surface area contributed by atoms with Crippen molar-refractivity contribution in [3.8, 4) is 0 Å². The predicted octanol–water partition coefficient (Wildman–Crippen LogP) is 0.471. The molecule has 4 nitrogen and oxygen atoms in total. The molecule has 0 rings (SSSR count). The number of carbonyl (C=O) groups excluding carboxylic acids is 1. The number of ether oxygens (including phenoxy) is 2. The maximum Gasteiger partial charge on any atom is 0.244 e. The fraction of sp³-hybridized carbons (Fsp3) is 0.667. The zero-order chi connectivity index (χ0) is 10.1. The maximum atomic E-state index is 10.6. The Balaban J connectivity index is 3.34. The zero-order valence-corrected chi connectivity index (χ0v) is 8.21. The molecule has 0 spiro atoms. The Morgan fingerprint density at radius 1 is 1.38 bits per heavy atom. The number of nitrogens with two attached hydrogens (primary N) is 1. The first kappa shape index (κ1) is 12.1. The Hall–Kier alpha value is -0.870. The van der Waals surface area contributed by atoms with Gasteiger partial charge in [0.1, 0.15) is 0 Å². The summed E-state index contributed by atoms with van der Waals surface area (Å²) in [5, 5.41) is 0. The fourth-order valence-corrected chi connectivity index (χ4v) is 0.704. The minimum atomic E-state index is -0.378. The van der Waals surface area contributed by atoms with E-state index in [4.69, 9.17) is 15.2 Å². The Morgan fingerprint density at radius 2 is 2.08 bits per heavy atom. The molecule has 0 aromatic rings. The zero-order valence-electron chi connectivity index (χ0n) is 8.21. The number of amides is 1. The molecule has 0 atom stereocenters. The summed E-state index contributed by atoms with van der Waals surface area (Å²) in [6, 6.07) is 0. The second kappa shape index (κ2) is 7.76. The first-order valence-corrected chi connectivity index (χ1v) is 4.21. The number of carbonyl (C=O) groups is 1. The third-order valence-corrected chi connectivity index (χ3v) is 1.53. The summed E-state index contributed by atoms with van der Waals surface area (Å²) >= 11 is 0. The van der Waals surface area contributed by atoms with E-state index in [1.807, 2.05) is 0 Å². The highest BCUT2D eigenvalue weighted by Gasteiger charge is 1.94. The predicted molar refractivity (Wildman–Crippen MR) is 50.3 cm³/mol. The maximum absolute atomic E-state index is 10.6. The van der Waals surface area contributed by atoms with Crippen molar-refractivity contribution in [2.45, 2.75) is 13.3 Å². The monoisotopic (exact) mass is 187 g/mol. The molecule has 0 aromatic carbocycles. The molecule has 0 saturated carbocycles. The van der Waals surface area contributed by atoms with Gasteiger partial charge in [0.25, 0.3) is 0 Å². The molecule has 0 bridgehead atoms. The number of primary amides is 1. The van der Waals surface area contributed by atoms with Crippen LogP contribution in [0.2, 0.25) is 0 Å². The van der Waals surface area contributed by atoms with Gasteiger partial charge in [-0.15, -0.1) is 0 Å². The van der Waals surface area contributed by atoms with E-state index < -0.39 is 0 Å². The molecule has 76 valence electrons. The van der Waals surface area contributed by atoms with Crippen molar-refractivity contribution in [2.24, 2.45) is 5.73 Å². The molecule has 0 aliphatic rings. The van der Waals surface area contributed by atoms with Crippen molar-refractivity contribution in [3.05, 3.63) is 11.6 Å². The summed E-state index contributed by atoms with van der Waals surface area (Å²) in [7, 11) is 1.63. The molecule has 0 fully saturated rings. The summed E-state index contributed by atoms with van der Waals surface area (Å²) < 4.78 is 9.98. The normalized spacial score (nSPS) is 11.7. The molecule has 0 heterocycles. The Labute approximate surface area is 78.7 Å². The Morgan fingerprint density at radius 3 is 2.62 bits per heavy atom. The van der Waals surface area contributed by atoms with Gasteiger partial charge >= 0.3 is 0 Å². The fourth-order valence-electron chi connectivity index (χ4n) is 0.704. The van der Waals surface area contributed by atoms with Crippen molar-refractivity contribution in [1.29, 1.82) is 0 Å². The van der Waals surface area contributed by atoms with E-state index in [1.54, 1.807) is 20.1 Å². The van der Waals surface area contributed by atoms with Crippen molar-refractivity contribution < 1.29 is 14.3 Å². The van der Waals surface area contributed by atoms with Crippen LogP contribution in [0.4, 0.5) is 0 Å². The van der Waals surface area contributed by atoms with Crippen molar-refractivity contribution in [3.63, 3.8) is 0 Å². The summed E-state index contributed by atoms with van der Waals surface area (Å²) in [6.45, 7) is 3.46. The SMILES string of the molecule is COCCOCC/C=C(\C)C(N)=O. The first-order valence-electron chi connectivity index (χ1n) is 4.21. The standard InChI is InChI=1S/C9H17NO3/c1-8(9(10)11)4-3-5-13-7-6-12-2/h4H,3,5-7H2,1-2H3,(H2,10,11)/b8-4+. The summed E-state index contributed by atoms with van der Waals surface area (Å²) in [5.41, 5.74) is 5.61. The van der Waals surface area contributed by atoms with Gasteiger partial charge in [-0.1, -0.05) is 6.08 Å². The minimum Gasteiger partial charge on any atom is -0.382 e. The van der Waals surface area contributed by atoms with Gasteiger partial charge in [0.15, 0.2) is 0 Å². The van der Waals surface area contributed by atoms with Gasteiger partial charge < -0.3 is 15.2 Å². The molecule has 0 aliphatic carbocycles. The van der Waals surface area contributed by atoms with Crippen LogP contribution in [0.5, 0.6) is 0 Å². The third kappa shape index (κ3) is 7.49. The summed E-state index contributed by atoms with van der Waals surface area (Å²) in [4.78, 5) is 10.6. The highest BCUT2D eigenvalue weighted by Crippen LogP contribution is 1.94. The van der Waals surface area contributed by atoms with Crippen LogP contribution in [0.1, 0.15) is 13.3 Å². The lowest BCUT2D eigenvalue weighted by Gasteiger charge is -2.00. The van der Waals surface area contributed by atoms with Crippen LogP contribution in [0.3, 0.4) is 0 Å². The highest BCUT2D eigenvalue weighted by molar-refractivity contribution is 5.91. The van der Waals surface area contributed by atoms with E-state index in [0.717, 1.165) is 0 Å². The van der Waals surface area contributed by atoms with Crippen molar-refractivity contribution >= 4 is 5.91 Å². The van der Waals surface area contributed by atoms with E-state index in [0.29, 0.717) is 31.8 Å². The number of rotatable bonds is 7. The molecule has 0 aromatic heterocycles. The van der Waals surface area contributed by atoms with Crippen LogP contribution < -0.4 is 5.73 Å². The highest BCUT2D eigenvalue weighted by atomic mass is 16.5. The average Bonchev–Trinajstić information content (AvgIpc) is 2.10. The number of hydrogen-bond donors (Lipinski definition) is 1. The molecule has 0 unspecified atom stereocenters. The average molecular weight is 187 g/mol. The number of hydrogen-bond acceptors (Lipinski definition) is 3. The lowest BCUT2D eigenvalue weighted by molar-refractivity contribution is -0.114. The van der Waals surface area contributed by atoms with E-state index in [1.165, 1.54) is 0 Å². The lowest BCUT2D eigenvalue weighted by Crippen LogP contribution is -2.11. The Bertz CT molecular complexity index is 178. The molecule has 0 radical (unpaired) electrons. The molecule has 1 amide bonds. The molecule has 4 heteroatoms. The molecular weight excluding hydrogens is 170 g/mol. The largest absolute Gasteiger partial charge is 0.382 e.